The number of rotatable bonds is 2. The van der Waals surface area contributed by atoms with E-state index in [1.54, 1.807) is 0 Å². The Bertz CT molecular complexity index is 496. The average Bonchev–Trinajstić information content (AvgIpc) is 2.81. The molecule has 1 aliphatic carbocycles. The van der Waals surface area contributed by atoms with E-state index in [-0.39, 0.29) is 0 Å². The second-order valence-corrected chi connectivity index (χ2v) is 7.18. The number of carbonyl (C=O) groups is 1. The molecule has 1 aliphatic heterocycles. The Labute approximate surface area is 127 Å². The zero-order valence-corrected chi connectivity index (χ0v) is 13.3. The summed E-state index contributed by atoms with van der Waals surface area (Å²) in [5.41, 5.74) is 2.41. The molecule has 1 amide bonds. The first-order valence-electron chi connectivity index (χ1n) is 8.42. The van der Waals surface area contributed by atoms with Crippen LogP contribution in [0.1, 0.15) is 57.2 Å². The van der Waals surface area contributed by atoms with E-state index in [2.05, 4.69) is 28.9 Å². The molecule has 0 bridgehead atoms. The summed E-state index contributed by atoms with van der Waals surface area (Å²) in [4.78, 5) is 14.8. The van der Waals surface area contributed by atoms with Gasteiger partial charge in [-0.1, -0.05) is 33.1 Å². The van der Waals surface area contributed by atoms with Gasteiger partial charge >= 0.3 is 0 Å². The lowest BCUT2D eigenvalue weighted by Gasteiger charge is -2.31. The Morgan fingerprint density at radius 1 is 1.38 bits per heavy atom. The SMILES string of the molecule is CC1Cc2[nH]ncc2CN(C(=O)CC2CCCCC2C)C1. The van der Waals surface area contributed by atoms with Crippen molar-refractivity contribution < 1.29 is 4.79 Å². The molecule has 0 spiro atoms. The summed E-state index contributed by atoms with van der Waals surface area (Å²) in [5, 5.41) is 7.23. The van der Waals surface area contributed by atoms with E-state index in [4.69, 9.17) is 0 Å². The molecular weight excluding hydrogens is 262 g/mol. The van der Waals surface area contributed by atoms with Crippen LogP contribution in [0.2, 0.25) is 0 Å². The predicted molar refractivity (Wildman–Crippen MR) is 82.6 cm³/mol. The Morgan fingerprint density at radius 2 is 2.19 bits per heavy atom. The lowest BCUT2D eigenvalue weighted by molar-refractivity contribution is -0.134. The lowest BCUT2D eigenvalue weighted by atomic mass is 9.78. The largest absolute Gasteiger partial charge is 0.338 e. The summed E-state index contributed by atoms with van der Waals surface area (Å²) in [6, 6.07) is 0. The van der Waals surface area contributed by atoms with Crippen LogP contribution in [0.25, 0.3) is 0 Å². The first kappa shape index (κ1) is 14.6. The van der Waals surface area contributed by atoms with Gasteiger partial charge in [0.2, 0.25) is 5.91 Å². The maximum atomic E-state index is 12.7. The Kier molecular flexibility index (Phi) is 4.32. The highest BCUT2D eigenvalue weighted by Gasteiger charge is 2.28. The molecule has 116 valence electrons. The molecule has 4 heteroatoms. The molecule has 1 fully saturated rings. The van der Waals surface area contributed by atoms with Crippen LogP contribution in [-0.2, 0) is 17.8 Å². The number of carbonyl (C=O) groups excluding carboxylic acids is 1. The van der Waals surface area contributed by atoms with Gasteiger partial charge in [-0.25, -0.2) is 0 Å². The Hall–Kier alpha value is -1.32. The molecule has 21 heavy (non-hydrogen) atoms. The smallest absolute Gasteiger partial charge is 0.223 e. The number of amides is 1. The number of fused-ring (bicyclic) bond motifs is 1. The van der Waals surface area contributed by atoms with Crippen LogP contribution in [0.15, 0.2) is 6.20 Å². The fourth-order valence-electron chi connectivity index (χ4n) is 3.95. The van der Waals surface area contributed by atoms with Crippen LogP contribution in [-0.4, -0.2) is 27.5 Å². The van der Waals surface area contributed by atoms with Crippen molar-refractivity contribution in [3.8, 4) is 0 Å². The molecule has 3 unspecified atom stereocenters. The molecule has 3 rings (SSSR count). The van der Waals surface area contributed by atoms with Crippen molar-refractivity contribution in [1.82, 2.24) is 15.1 Å². The van der Waals surface area contributed by atoms with Crippen molar-refractivity contribution in [2.75, 3.05) is 6.54 Å². The average molecular weight is 289 g/mol. The van der Waals surface area contributed by atoms with Crippen molar-refractivity contribution >= 4 is 5.91 Å². The van der Waals surface area contributed by atoms with E-state index in [9.17, 15) is 4.79 Å². The summed E-state index contributed by atoms with van der Waals surface area (Å²) in [5.74, 6) is 2.14. The van der Waals surface area contributed by atoms with E-state index in [1.165, 1.54) is 36.9 Å². The highest BCUT2D eigenvalue weighted by Crippen LogP contribution is 2.33. The zero-order valence-electron chi connectivity index (χ0n) is 13.3. The third-order valence-corrected chi connectivity index (χ3v) is 5.33. The van der Waals surface area contributed by atoms with Gasteiger partial charge in [0.15, 0.2) is 0 Å². The lowest BCUT2D eigenvalue weighted by Crippen LogP contribution is -2.35. The van der Waals surface area contributed by atoms with Gasteiger partial charge < -0.3 is 4.90 Å². The summed E-state index contributed by atoms with van der Waals surface area (Å²) in [6.45, 7) is 6.15. The molecule has 1 aromatic heterocycles. The molecule has 1 aromatic rings. The minimum absolute atomic E-state index is 0.342. The number of nitrogens with one attached hydrogen (secondary N) is 1. The van der Waals surface area contributed by atoms with Gasteiger partial charge in [-0.15, -0.1) is 0 Å². The Balaban J connectivity index is 1.66. The molecule has 0 saturated heterocycles. The molecule has 0 aromatic carbocycles. The fourth-order valence-corrected chi connectivity index (χ4v) is 3.95. The van der Waals surface area contributed by atoms with Crippen molar-refractivity contribution in [3.05, 3.63) is 17.5 Å². The van der Waals surface area contributed by atoms with Crippen LogP contribution < -0.4 is 0 Å². The highest BCUT2D eigenvalue weighted by molar-refractivity contribution is 5.76. The number of aromatic nitrogens is 2. The predicted octanol–water partition coefficient (Wildman–Crippen LogP) is 3.15. The first-order chi connectivity index (χ1) is 10.1. The number of hydrogen-bond acceptors (Lipinski definition) is 2. The molecule has 1 N–H and O–H groups in total. The van der Waals surface area contributed by atoms with E-state index < -0.39 is 0 Å². The summed E-state index contributed by atoms with van der Waals surface area (Å²) in [6.07, 6.45) is 8.78. The number of H-pyrrole nitrogens is 1. The van der Waals surface area contributed by atoms with Gasteiger partial charge in [0.05, 0.1) is 6.20 Å². The molecular formula is C17H27N3O. The van der Waals surface area contributed by atoms with E-state index in [0.29, 0.717) is 23.7 Å². The fraction of sp³-hybridized carbons (Fsp3) is 0.765. The van der Waals surface area contributed by atoms with Gasteiger partial charge in [0, 0.05) is 30.8 Å². The van der Waals surface area contributed by atoms with Crippen molar-refractivity contribution in [3.63, 3.8) is 0 Å². The standard InChI is InChI=1S/C17H27N3O/c1-12-7-16-15(9-18-19-16)11-20(10-12)17(21)8-14-6-4-3-5-13(14)2/h9,12-14H,3-8,10-11H2,1-2H3,(H,18,19). The van der Waals surface area contributed by atoms with Crippen LogP contribution in [0.5, 0.6) is 0 Å². The maximum absolute atomic E-state index is 12.7. The van der Waals surface area contributed by atoms with E-state index in [1.807, 2.05) is 6.20 Å². The second-order valence-electron chi connectivity index (χ2n) is 7.18. The van der Waals surface area contributed by atoms with E-state index >= 15 is 0 Å². The molecule has 1 saturated carbocycles. The zero-order chi connectivity index (χ0) is 14.8. The van der Waals surface area contributed by atoms with Gasteiger partial charge in [0.25, 0.3) is 0 Å². The van der Waals surface area contributed by atoms with Crippen molar-refractivity contribution in [1.29, 1.82) is 0 Å². The van der Waals surface area contributed by atoms with Gasteiger partial charge in [-0.3, -0.25) is 9.89 Å². The molecule has 4 nitrogen and oxygen atoms in total. The highest BCUT2D eigenvalue weighted by atomic mass is 16.2. The maximum Gasteiger partial charge on any atom is 0.223 e. The van der Waals surface area contributed by atoms with Gasteiger partial charge in [-0.05, 0) is 30.6 Å². The normalized spacial score (nSPS) is 29.8. The molecule has 2 aliphatic rings. The summed E-state index contributed by atoms with van der Waals surface area (Å²) < 4.78 is 0. The molecule has 3 atom stereocenters. The monoisotopic (exact) mass is 289 g/mol. The van der Waals surface area contributed by atoms with Crippen molar-refractivity contribution in [2.24, 2.45) is 17.8 Å². The third-order valence-electron chi connectivity index (χ3n) is 5.33. The minimum Gasteiger partial charge on any atom is -0.338 e. The quantitative estimate of drug-likeness (QED) is 0.909. The van der Waals surface area contributed by atoms with Gasteiger partial charge in [0.1, 0.15) is 0 Å². The van der Waals surface area contributed by atoms with Crippen LogP contribution in [0.3, 0.4) is 0 Å². The third kappa shape index (κ3) is 3.30. The number of nitrogens with zero attached hydrogens (tertiary/aromatic N) is 2. The number of aromatic amines is 1. The number of hydrogen-bond donors (Lipinski definition) is 1. The summed E-state index contributed by atoms with van der Waals surface area (Å²) >= 11 is 0. The molecule has 2 heterocycles. The first-order valence-corrected chi connectivity index (χ1v) is 8.42. The van der Waals surface area contributed by atoms with Gasteiger partial charge in [-0.2, -0.15) is 5.10 Å². The minimum atomic E-state index is 0.342. The van der Waals surface area contributed by atoms with E-state index in [0.717, 1.165) is 25.9 Å². The summed E-state index contributed by atoms with van der Waals surface area (Å²) in [7, 11) is 0. The van der Waals surface area contributed by atoms with Crippen LogP contribution >= 0.6 is 0 Å². The Morgan fingerprint density at radius 3 is 3.00 bits per heavy atom. The molecule has 0 radical (unpaired) electrons. The van der Waals surface area contributed by atoms with Crippen LogP contribution in [0.4, 0.5) is 0 Å². The van der Waals surface area contributed by atoms with Crippen LogP contribution in [0, 0.1) is 17.8 Å². The topological polar surface area (TPSA) is 49.0 Å². The second kappa shape index (κ2) is 6.20. The van der Waals surface area contributed by atoms with Crippen molar-refractivity contribution in [2.45, 2.75) is 58.9 Å².